The molecule has 0 fully saturated rings. The highest BCUT2D eigenvalue weighted by Gasteiger charge is 2.20. The Labute approximate surface area is 211 Å². The zero-order valence-electron chi connectivity index (χ0n) is 19.3. The molecule has 5 aromatic carbocycles. The molecule has 3 aromatic heterocycles. The number of benzene rings is 5. The van der Waals surface area contributed by atoms with E-state index in [0.717, 1.165) is 16.9 Å². The molecule has 0 spiro atoms. The molecule has 0 N–H and O–H groups in total. The Morgan fingerprint density at radius 3 is 2.08 bits per heavy atom. The summed E-state index contributed by atoms with van der Waals surface area (Å²) in [5.74, 6) is 0. The number of nitrogens with zero attached hydrogens (tertiary/aromatic N) is 2. The lowest BCUT2D eigenvalue weighted by atomic mass is 9.96. The summed E-state index contributed by atoms with van der Waals surface area (Å²) in [6.45, 7) is 0. The lowest BCUT2D eigenvalue weighted by Gasteiger charge is -2.12. The van der Waals surface area contributed by atoms with Gasteiger partial charge in [0.05, 0.1) is 16.7 Å². The molecule has 3 heterocycles. The molecule has 0 saturated carbocycles. The normalized spacial score (nSPS) is 11.9. The molecule has 8 aromatic rings. The van der Waals surface area contributed by atoms with Crippen LogP contribution in [0.15, 0.2) is 121 Å². The third kappa shape index (κ3) is 2.69. The highest BCUT2D eigenvalue weighted by Crippen LogP contribution is 2.45. The first-order chi connectivity index (χ1) is 17.9. The van der Waals surface area contributed by atoms with E-state index in [0.29, 0.717) is 0 Å². The third-order valence-electron chi connectivity index (χ3n) is 7.31. The summed E-state index contributed by atoms with van der Waals surface area (Å²) < 4.78 is 3.81. The van der Waals surface area contributed by atoms with Crippen molar-refractivity contribution in [3.8, 4) is 16.9 Å². The summed E-state index contributed by atoms with van der Waals surface area (Å²) >= 11 is 1.83. The first-order valence-corrected chi connectivity index (χ1v) is 13.0. The average Bonchev–Trinajstić information content (AvgIpc) is 3.57. The van der Waals surface area contributed by atoms with Gasteiger partial charge in [0.15, 0.2) is 0 Å². The minimum absolute atomic E-state index is 0.989. The maximum absolute atomic E-state index is 4.54. The van der Waals surface area contributed by atoms with Gasteiger partial charge in [0.2, 0.25) is 0 Å². The van der Waals surface area contributed by atoms with E-state index in [1.54, 1.807) is 0 Å². The van der Waals surface area contributed by atoms with Crippen LogP contribution in [-0.4, -0.2) is 9.55 Å². The zero-order valence-corrected chi connectivity index (χ0v) is 20.2. The van der Waals surface area contributed by atoms with Crippen LogP contribution in [0.1, 0.15) is 0 Å². The van der Waals surface area contributed by atoms with Gasteiger partial charge in [-0.3, -0.25) is 4.98 Å². The minimum atomic E-state index is 0.989. The topological polar surface area (TPSA) is 17.8 Å². The van der Waals surface area contributed by atoms with Gasteiger partial charge >= 0.3 is 0 Å². The molecule has 3 heteroatoms. The van der Waals surface area contributed by atoms with Crippen molar-refractivity contribution in [1.82, 2.24) is 9.55 Å². The van der Waals surface area contributed by atoms with Gasteiger partial charge in [0.1, 0.15) is 0 Å². The summed E-state index contributed by atoms with van der Waals surface area (Å²) in [6.07, 6.45) is 1.85. The van der Waals surface area contributed by atoms with Crippen molar-refractivity contribution in [2.24, 2.45) is 0 Å². The number of pyridine rings is 1. The fourth-order valence-corrected chi connectivity index (χ4v) is 6.71. The van der Waals surface area contributed by atoms with Crippen LogP contribution in [0.5, 0.6) is 0 Å². The van der Waals surface area contributed by atoms with Crippen LogP contribution in [0.2, 0.25) is 0 Å². The molecule has 0 radical (unpaired) electrons. The predicted octanol–water partition coefficient (Wildman–Crippen LogP) is 9.37. The SMILES string of the molecule is c1ccc(-c2ccc(-n3c4ccc5ccsc5c4c4c5ccccc5c5ccccc5c43)cc2)nc1. The molecule has 0 amide bonds. The van der Waals surface area contributed by atoms with E-state index >= 15 is 0 Å². The summed E-state index contributed by atoms with van der Waals surface area (Å²) in [6, 6.07) is 39.3. The molecule has 0 aliphatic carbocycles. The van der Waals surface area contributed by atoms with Crippen molar-refractivity contribution in [1.29, 1.82) is 0 Å². The van der Waals surface area contributed by atoms with Crippen molar-refractivity contribution < 1.29 is 0 Å². The van der Waals surface area contributed by atoms with Crippen LogP contribution < -0.4 is 0 Å². The third-order valence-corrected chi connectivity index (χ3v) is 8.25. The number of rotatable bonds is 2. The first-order valence-electron chi connectivity index (χ1n) is 12.1. The molecule has 36 heavy (non-hydrogen) atoms. The average molecular weight is 477 g/mol. The Morgan fingerprint density at radius 2 is 1.31 bits per heavy atom. The molecule has 0 aliphatic rings. The van der Waals surface area contributed by atoms with E-state index in [4.69, 9.17) is 0 Å². The summed E-state index contributed by atoms with van der Waals surface area (Å²) in [5.41, 5.74) is 5.78. The molecular weight excluding hydrogens is 456 g/mol. The van der Waals surface area contributed by atoms with Crippen molar-refractivity contribution in [2.75, 3.05) is 0 Å². The van der Waals surface area contributed by atoms with E-state index in [9.17, 15) is 0 Å². The minimum Gasteiger partial charge on any atom is -0.309 e. The first kappa shape index (κ1) is 19.8. The van der Waals surface area contributed by atoms with Crippen LogP contribution in [-0.2, 0) is 0 Å². The fraction of sp³-hybridized carbons (Fsp3) is 0. The van der Waals surface area contributed by atoms with E-state index in [1.165, 1.54) is 53.4 Å². The molecule has 0 saturated heterocycles. The van der Waals surface area contributed by atoms with E-state index in [-0.39, 0.29) is 0 Å². The molecule has 0 unspecified atom stereocenters. The molecule has 0 bridgehead atoms. The standard InChI is InChI=1S/C33H20N2S/c1-3-9-26-24(7-1)25-8-2-4-10-27(25)32-30(26)31-29(17-14-22-18-20-36-33(22)31)35(32)23-15-12-21(13-16-23)28-11-5-6-19-34-28/h1-20H. The molecular formula is C33H20N2S. The van der Waals surface area contributed by atoms with Gasteiger partial charge < -0.3 is 4.57 Å². The van der Waals surface area contributed by atoms with Crippen molar-refractivity contribution in [3.63, 3.8) is 0 Å². The fourth-order valence-electron chi connectivity index (χ4n) is 5.76. The van der Waals surface area contributed by atoms with E-state index in [1.807, 2.05) is 29.7 Å². The monoisotopic (exact) mass is 476 g/mol. The molecule has 0 aliphatic heterocycles. The van der Waals surface area contributed by atoms with Gasteiger partial charge in [-0.05, 0) is 63.3 Å². The number of aromatic nitrogens is 2. The lowest BCUT2D eigenvalue weighted by molar-refractivity contribution is 1.19. The second-order valence-corrected chi connectivity index (χ2v) is 10.1. The van der Waals surface area contributed by atoms with Crippen molar-refractivity contribution in [3.05, 3.63) is 121 Å². The second kappa shape index (κ2) is 7.51. The van der Waals surface area contributed by atoms with Gasteiger partial charge in [0.25, 0.3) is 0 Å². The van der Waals surface area contributed by atoms with E-state index in [2.05, 4.69) is 112 Å². The predicted molar refractivity (Wildman–Crippen MR) is 154 cm³/mol. The van der Waals surface area contributed by atoms with Crippen LogP contribution in [0.25, 0.3) is 70.4 Å². The van der Waals surface area contributed by atoms with Crippen LogP contribution in [0.4, 0.5) is 0 Å². The highest BCUT2D eigenvalue weighted by atomic mass is 32.1. The highest BCUT2D eigenvalue weighted by molar-refractivity contribution is 7.18. The molecule has 8 rings (SSSR count). The largest absolute Gasteiger partial charge is 0.309 e. The molecule has 0 atom stereocenters. The van der Waals surface area contributed by atoms with Gasteiger partial charge in [-0.15, -0.1) is 11.3 Å². The quantitative estimate of drug-likeness (QED) is 0.227. The Morgan fingerprint density at radius 1 is 0.583 bits per heavy atom. The molecule has 2 nitrogen and oxygen atoms in total. The second-order valence-electron chi connectivity index (χ2n) is 9.21. The smallest absolute Gasteiger partial charge is 0.0701 e. The Hall–Kier alpha value is -4.47. The summed E-state index contributed by atoms with van der Waals surface area (Å²) in [7, 11) is 0. The van der Waals surface area contributed by atoms with Crippen molar-refractivity contribution in [2.45, 2.75) is 0 Å². The maximum Gasteiger partial charge on any atom is 0.0701 e. The lowest BCUT2D eigenvalue weighted by Crippen LogP contribution is -1.95. The Bertz CT molecular complexity index is 2080. The summed E-state index contributed by atoms with van der Waals surface area (Å²) in [5, 5.41) is 11.4. The van der Waals surface area contributed by atoms with Gasteiger partial charge in [0, 0.05) is 38.3 Å². The maximum atomic E-state index is 4.54. The Kier molecular flexibility index (Phi) is 4.13. The van der Waals surface area contributed by atoms with Crippen molar-refractivity contribution >= 4 is 64.8 Å². The van der Waals surface area contributed by atoms with Crippen LogP contribution in [0, 0.1) is 0 Å². The van der Waals surface area contributed by atoms with Gasteiger partial charge in [-0.2, -0.15) is 0 Å². The van der Waals surface area contributed by atoms with Gasteiger partial charge in [-0.1, -0.05) is 72.8 Å². The number of hydrogen-bond acceptors (Lipinski definition) is 2. The summed E-state index contributed by atoms with van der Waals surface area (Å²) in [4.78, 5) is 4.54. The van der Waals surface area contributed by atoms with Crippen LogP contribution in [0.3, 0.4) is 0 Å². The van der Waals surface area contributed by atoms with E-state index < -0.39 is 0 Å². The number of thiophene rings is 1. The number of fused-ring (bicyclic) bond motifs is 10. The number of hydrogen-bond donors (Lipinski definition) is 0. The zero-order chi connectivity index (χ0) is 23.6. The van der Waals surface area contributed by atoms with Gasteiger partial charge in [-0.25, -0.2) is 0 Å². The molecule has 168 valence electrons. The van der Waals surface area contributed by atoms with Crippen LogP contribution >= 0.6 is 11.3 Å². The Balaban J connectivity index is 1.57.